The Morgan fingerprint density at radius 2 is 1.78 bits per heavy atom. The van der Waals surface area contributed by atoms with Crippen molar-refractivity contribution in [2.24, 2.45) is 0 Å². The summed E-state index contributed by atoms with van der Waals surface area (Å²) in [4.78, 5) is 11.1. The predicted molar refractivity (Wildman–Crippen MR) is 68.0 cm³/mol. The van der Waals surface area contributed by atoms with Gasteiger partial charge in [-0.25, -0.2) is 4.79 Å². The highest BCUT2D eigenvalue weighted by Gasteiger charge is 2.17. The van der Waals surface area contributed by atoms with Gasteiger partial charge in [-0.15, -0.1) is 0 Å². The molecule has 0 aromatic carbocycles. The molecule has 0 spiro atoms. The zero-order valence-corrected chi connectivity index (χ0v) is 12.2. The van der Waals surface area contributed by atoms with Gasteiger partial charge in [0.05, 0.1) is 6.26 Å². The SMILES string of the molecule is CC(CCO)NC(=O)OC(C)(C)C.CS(=O)(=O)O. The topological polar surface area (TPSA) is 113 Å². The number of hydrogen-bond donors (Lipinski definition) is 3. The smallest absolute Gasteiger partial charge is 0.407 e. The summed E-state index contributed by atoms with van der Waals surface area (Å²) >= 11 is 0. The first-order valence-corrected chi connectivity index (χ1v) is 7.23. The fourth-order valence-electron chi connectivity index (χ4n) is 0.775. The number of aliphatic hydroxyl groups excluding tert-OH is 1. The molecule has 0 radical (unpaired) electrons. The highest BCUT2D eigenvalue weighted by molar-refractivity contribution is 7.85. The Bertz CT molecular complexity index is 325. The van der Waals surface area contributed by atoms with E-state index in [0.29, 0.717) is 12.7 Å². The van der Waals surface area contributed by atoms with Crippen LogP contribution in [0.4, 0.5) is 4.79 Å². The van der Waals surface area contributed by atoms with Gasteiger partial charge in [0.1, 0.15) is 5.60 Å². The van der Waals surface area contributed by atoms with E-state index in [2.05, 4.69) is 5.32 Å². The Hall–Kier alpha value is -0.860. The molecule has 0 saturated carbocycles. The summed E-state index contributed by atoms with van der Waals surface area (Å²) in [7, 11) is -3.67. The van der Waals surface area contributed by atoms with Crippen molar-refractivity contribution < 1.29 is 27.6 Å². The molecule has 0 fully saturated rings. The maximum absolute atomic E-state index is 11.1. The monoisotopic (exact) mass is 285 g/mol. The second-order valence-corrected chi connectivity index (χ2v) is 6.26. The van der Waals surface area contributed by atoms with Crippen LogP contribution in [0.15, 0.2) is 0 Å². The molecule has 110 valence electrons. The number of amides is 1. The minimum Gasteiger partial charge on any atom is -0.444 e. The number of aliphatic hydroxyl groups is 1. The van der Waals surface area contributed by atoms with E-state index in [0.717, 1.165) is 0 Å². The van der Waals surface area contributed by atoms with Crippen molar-refractivity contribution in [3.05, 3.63) is 0 Å². The third-order valence-electron chi connectivity index (χ3n) is 1.33. The minimum atomic E-state index is -3.67. The second-order valence-electron chi connectivity index (χ2n) is 4.79. The molecule has 18 heavy (non-hydrogen) atoms. The highest BCUT2D eigenvalue weighted by atomic mass is 32.2. The Morgan fingerprint density at radius 1 is 1.39 bits per heavy atom. The zero-order valence-electron chi connectivity index (χ0n) is 11.4. The molecule has 0 bridgehead atoms. The van der Waals surface area contributed by atoms with Crippen LogP contribution in [0.1, 0.15) is 34.1 Å². The van der Waals surface area contributed by atoms with Gasteiger partial charge in [-0.2, -0.15) is 8.42 Å². The molecular weight excluding hydrogens is 262 g/mol. The summed E-state index contributed by atoms with van der Waals surface area (Å²) < 4.78 is 30.9. The summed E-state index contributed by atoms with van der Waals surface area (Å²) in [5.41, 5.74) is -0.469. The first kappa shape index (κ1) is 19.5. The van der Waals surface area contributed by atoms with Crippen LogP contribution >= 0.6 is 0 Å². The molecule has 0 aliphatic rings. The largest absolute Gasteiger partial charge is 0.444 e. The molecule has 0 aliphatic carbocycles. The molecule has 1 amide bonds. The van der Waals surface area contributed by atoms with Crippen molar-refractivity contribution >= 4 is 16.2 Å². The third-order valence-corrected chi connectivity index (χ3v) is 1.33. The number of alkyl carbamates (subject to hydrolysis) is 1. The van der Waals surface area contributed by atoms with E-state index in [1.54, 1.807) is 0 Å². The summed E-state index contributed by atoms with van der Waals surface area (Å²) in [5.74, 6) is 0. The molecule has 1 unspecified atom stereocenters. The molecule has 0 heterocycles. The lowest BCUT2D eigenvalue weighted by Gasteiger charge is -2.21. The Morgan fingerprint density at radius 3 is 2.06 bits per heavy atom. The van der Waals surface area contributed by atoms with Gasteiger partial charge in [0.2, 0.25) is 0 Å². The predicted octanol–water partition coefficient (Wildman–Crippen LogP) is 0.786. The van der Waals surface area contributed by atoms with E-state index >= 15 is 0 Å². The second kappa shape index (κ2) is 8.28. The standard InChI is InChI=1S/C9H19NO3.CH4O3S/c1-7(5-6-11)10-8(12)13-9(2,3)4;1-5(2,3)4/h7,11H,5-6H2,1-4H3,(H,10,12);1H3,(H,2,3,4). The average Bonchev–Trinajstić information content (AvgIpc) is 1.95. The average molecular weight is 285 g/mol. The van der Waals surface area contributed by atoms with Crippen LogP contribution in [0.5, 0.6) is 0 Å². The summed E-state index contributed by atoms with van der Waals surface area (Å²) in [6, 6.07) is -0.0557. The van der Waals surface area contributed by atoms with E-state index in [1.807, 2.05) is 27.7 Å². The van der Waals surface area contributed by atoms with Crippen molar-refractivity contribution in [1.29, 1.82) is 0 Å². The van der Waals surface area contributed by atoms with E-state index in [9.17, 15) is 13.2 Å². The number of hydrogen-bond acceptors (Lipinski definition) is 5. The maximum Gasteiger partial charge on any atom is 0.407 e. The van der Waals surface area contributed by atoms with Crippen molar-refractivity contribution in [2.45, 2.75) is 45.8 Å². The molecule has 0 saturated heterocycles. The van der Waals surface area contributed by atoms with Gasteiger partial charge in [0.25, 0.3) is 10.1 Å². The van der Waals surface area contributed by atoms with E-state index in [4.69, 9.17) is 14.4 Å². The first-order chi connectivity index (χ1) is 7.85. The van der Waals surface area contributed by atoms with Gasteiger partial charge < -0.3 is 15.2 Å². The van der Waals surface area contributed by atoms with Crippen molar-refractivity contribution in [3.8, 4) is 0 Å². The van der Waals surface area contributed by atoms with Gasteiger partial charge in [-0.05, 0) is 34.1 Å². The van der Waals surface area contributed by atoms with E-state index < -0.39 is 21.8 Å². The molecular formula is C10H23NO6S. The van der Waals surface area contributed by atoms with Crippen LogP contribution in [0, 0.1) is 0 Å². The van der Waals surface area contributed by atoms with Crippen LogP contribution in [0.2, 0.25) is 0 Å². The van der Waals surface area contributed by atoms with Gasteiger partial charge >= 0.3 is 6.09 Å². The Kier molecular flexibility index (Phi) is 8.96. The highest BCUT2D eigenvalue weighted by Crippen LogP contribution is 2.06. The fourth-order valence-corrected chi connectivity index (χ4v) is 0.775. The van der Waals surface area contributed by atoms with Gasteiger partial charge in [0, 0.05) is 12.6 Å². The molecule has 7 nitrogen and oxygen atoms in total. The quantitative estimate of drug-likeness (QED) is 0.661. The van der Waals surface area contributed by atoms with Crippen molar-refractivity contribution in [2.75, 3.05) is 12.9 Å². The van der Waals surface area contributed by atoms with Gasteiger partial charge in [-0.3, -0.25) is 4.55 Å². The van der Waals surface area contributed by atoms with Crippen LogP contribution < -0.4 is 5.32 Å². The molecule has 1 atom stereocenters. The lowest BCUT2D eigenvalue weighted by atomic mass is 10.2. The Balaban J connectivity index is 0. The maximum atomic E-state index is 11.1. The number of carbonyl (C=O) groups excluding carboxylic acids is 1. The number of rotatable bonds is 3. The molecule has 3 N–H and O–H groups in total. The normalized spacial score (nSPS) is 13.1. The lowest BCUT2D eigenvalue weighted by molar-refractivity contribution is 0.0502. The molecule has 0 aromatic heterocycles. The van der Waals surface area contributed by atoms with E-state index in [1.165, 1.54) is 0 Å². The summed E-state index contributed by atoms with van der Waals surface area (Å²) in [6.45, 7) is 7.31. The molecule has 0 aromatic rings. The van der Waals surface area contributed by atoms with Crippen LogP contribution in [0.25, 0.3) is 0 Å². The molecule has 8 heteroatoms. The zero-order chi connectivity index (χ0) is 15.0. The fraction of sp³-hybridized carbons (Fsp3) is 0.900. The first-order valence-electron chi connectivity index (χ1n) is 5.38. The van der Waals surface area contributed by atoms with E-state index in [-0.39, 0.29) is 12.6 Å². The molecule has 0 rings (SSSR count). The minimum absolute atomic E-state index is 0.0557. The van der Waals surface area contributed by atoms with Gasteiger partial charge in [0.15, 0.2) is 0 Å². The Labute approximate surface area is 108 Å². The summed E-state index contributed by atoms with van der Waals surface area (Å²) in [6.07, 6.45) is 0.820. The number of carbonyl (C=O) groups is 1. The van der Waals surface area contributed by atoms with Crippen molar-refractivity contribution in [1.82, 2.24) is 5.32 Å². The van der Waals surface area contributed by atoms with Gasteiger partial charge in [-0.1, -0.05) is 0 Å². The van der Waals surface area contributed by atoms with Crippen LogP contribution in [0.3, 0.4) is 0 Å². The van der Waals surface area contributed by atoms with Crippen LogP contribution in [-0.2, 0) is 14.9 Å². The molecule has 0 aliphatic heterocycles. The third kappa shape index (κ3) is 24.4. The van der Waals surface area contributed by atoms with Crippen molar-refractivity contribution in [3.63, 3.8) is 0 Å². The number of nitrogens with one attached hydrogen (secondary N) is 1. The lowest BCUT2D eigenvalue weighted by Crippen LogP contribution is -2.38. The van der Waals surface area contributed by atoms with Crippen LogP contribution in [-0.4, -0.2) is 48.7 Å². The number of ether oxygens (including phenoxy) is 1. The summed E-state index contributed by atoms with van der Waals surface area (Å²) in [5, 5.41) is 11.2.